The second-order valence-corrected chi connectivity index (χ2v) is 11.6. The van der Waals surface area contributed by atoms with Crippen molar-refractivity contribution in [3.63, 3.8) is 0 Å². The van der Waals surface area contributed by atoms with Crippen LogP contribution in [0.15, 0.2) is 48.5 Å². The Labute approximate surface area is 204 Å². The molecular weight excluding hydrogens is 450 g/mol. The number of sulfonamides is 1. The largest absolute Gasteiger partial charge is 0.350 e. The molecule has 2 aromatic carbocycles. The highest BCUT2D eigenvalue weighted by Gasteiger charge is 2.31. The summed E-state index contributed by atoms with van der Waals surface area (Å²) in [5.74, 6) is -0.717. The number of rotatable bonds is 9. The second kappa shape index (κ2) is 11.0. The highest BCUT2D eigenvalue weighted by molar-refractivity contribution is 7.92. The van der Waals surface area contributed by atoms with Crippen LogP contribution in [0.3, 0.4) is 0 Å². The molecule has 7 nitrogen and oxygen atoms in total. The van der Waals surface area contributed by atoms with Gasteiger partial charge < -0.3 is 10.2 Å². The number of hydrogen-bond donors (Lipinski definition) is 1. The van der Waals surface area contributed by atoms with E-state index in [2.05, 4.69) is 5.32 Å². The molecule has 0 bridgehead atoms. The summed E-state index contributed by atoms with van der Waals surface area (Å²) in [7, 11) is -3.74. The van der Waals surface area contributed by atoms with Crippen LogP contribution in [0, 0.1) is 13.8 Å². The molecule has 0 aliphatic heterocycles. The third-order valence-electron chi connectivity index (χ3n) is 5.67. The Hall–Kier alpha value is -2.87. The van der Waals surface area contributed by atoms with Crippen LogP contribution in [-0.4, -0.2) is 56.1 Å². The Kier molecular flexibility index (Phi) is 8.89. The molecule has 0 spiro atoms. The zero-order valence-corrected chi connectivity index (χ0v) is 22.1. The SMILES string of the molecule is Cc1cccc(N(CC(=O)N(CCc2ccccc2)[C@@H](C)C(=O)NC(C)(C)C)S(C)(=O)=O)c1C. The van der Waals surface area contributed by atoms with E-state index in [0.717, 1.165) is 27.3 Å². The van der Waals surface area contributed by atoms with E-state index in [0.29, 0.717) is 12.1 Å². The van der Waals surface area contributed by atoms with E-state index >= 15 is 0 Å². The minimum Gasteiger partial charge on any atom is -0.350 e. The van der Waals surface area contributed by atoms with Gasteiger partial charge in [-0.1, -0.05) is 42.5 Å². The molecular formula is C26H37N3O4S. The predicted molar refractivity (Wildman–Crippen MR) is 137 cm³/mol. The van der Waals surface area contributed by atoms with Gasteiger partial charge in [0, 0.05) is 12.1 Å². The first-order valence-corrected chi connectivity index (χ1v) is 13.2. The van der Waals surface area contributed by atoms with Crippen LogP contribution in [0.25, 0.3) is 0 Å². The number of benzene rings is 2. The van der Waals surface area contributed by atoms with Crippen LogP contribution in [-0.2, 0) is 26.0 Å². The number of hydrogen-bond acceptors (Lipinski definition) is 4. The minimum absolute atomic E-state index is 0.284. The maximum atomic E-state index is 13.5. The minimum atomic E-state index is -3.74. The number of carbonyl (C=O) groups is 2. The van der Waals surface area contributed by atoms with Gasteiger partial charge in [0.2, 0.25) is 21.8 Å². The molecule has 0 radical (unpaired) electrons. The van der Waals surface area contributed by atoms with Gasteiger partial charge in [-0.15, -0.1) is 0 Å². The van der Waals surface area contributed by atoms with Gasteiger partial charge in [-0.05, 0) is 70.7 Å². The summed E-state index contributed by atoms with van der Waals surface area (Å²) in [4.78, 5) is 27.9. The van der Waals surface area contributed by atoms with Gasteiger partial charge in [-0.25, -0.2) is 8.42 Å². The summed E-state index contributed by atoms with van der Waals surface area (Å²) in [5.41, 5.74) is 2.74. The van der Waals surface area contributed by atoms with E-state index in [-0.39, 0.29) is 19.0 Å². The first kappa shape index (κ1) is 27.4. The van der Waals surface area contributed by atoms with E-state index in [4.69, 9.17) is 0 Å². The molecule has 8 heteroatoms. The van der Waals surface area contributed by atoms with Crippen LogP contribution in [0.4, 0.5) is 5.69 Å². The molecule has 0 aromatic heterocycles. The van der Waals surface area contributed by atoms with Crippen molar-refractivity contribution in [1.82, 2.24) is 10.2 Å². The summed E-state index contributed by atoms with van der Waals surface area (Å²) in [6.07, 6.45) is 1.63. The fourth-order valence-electron chi connectivity index (χ4n) is 3.64. The molecule has 1 N–H and O–H groups in total. The van der Waals surface area contributed by atoms with Crippen LogP contribution in [0.1, 0.15) is 44.4 Å². The van der Waals surface area contributed by atoms with E-state index in [1.807, 2.05) is 71.0 Å². The zero-order valence-electron chi connectivity index (χ0n) is 21.3. The molecule has 2 amide bonds. The maximum Gasteiger partial charge on any atom is 0.244 e. The lowest BCUT2D eigenvalue weighted by Crippen LogP contribution is -2.55. The van der Waals surface area contributed by atoms with Crippen LogP contribution < -0.4 is 9.62 Å². The van der Waals surface area contributed by atoms with Gasteiger partial charge in [0.15, 0.2) is 0 Å². The Balaban J connectivity index is 2.37. The van der Waals surface area contributed by atoms with Gasteiger partial charge >= 0.3 is 0 Å². The van der Waals surface area contributed by atoms with Crippen molar-refractivity contribution in [3.05, 3.63) is 65.2 Å². The van der Waals surface area contributed by atoms with Crippen LogP contribution in [0.5, 0.6) is 0 Å². The Morgan fingerprint density at radius 3 is 2.18 bits per heavy atom. The van der Waals surface area contributed by atoms with Crippen molar-refractivity contribution in [2.75, 3.05) is 23.7 Å². The summed E-state index contributed by atoms with van der Waals surface area (Å²) >= 11 is 0. The van der Waals surface area contributed by atoms with Crippen molar-refractivity contribution in [2.24, 2.45) is 0 Å². The summed E-state index contributed by atoms with van der Waals surface area (Å²) in [6.45, 7) is 10.9. The van der Waals surface area contributed by atoms with E-state index < -0.39 is 27.5 Å². The number of nitrogens with one attached hydrogen (secondary N) is 1. The Bertz CT molecular complexity index is 1110. The van der Waals surface area contributed by atoms with Crippen LogP contribution in [0.2, 0.25) is 0 Å². The normalized spacial score (nSPS) is 12.7. The summed E-state index contributed by atoms with van der Waals surface area (Å²) in [5, 5.41) is 2.92. The van der Waals surface area contributed by atoms with E-state index in [9.17, 15) is 18.0 Å². The fraction of sp³-hybridized carbons (Fsp3) is 0.462. The molecule has 0 saturated carbocycles. The molecule has 0 fully saturated rings. The van der Waals surface area contributed by atoms with Crippen molar-refractivity contribution in [2.45, 2.75) is 59.5 Å². The summed E-state index contributed by atoms with van der Waals surface area (Å²) < 4.78 is 26.5. The quantitative estimate of drug-likeness (QED) is 0.587. The summed E-state index contributed by atoms with van der Waals surface area (Å²) in [6, 6.07) is 14.3. The number of nitrogens with zero attached hydrogens (tertiary/aromatic N) is 2. The van der Waals surface area contributed by atoms with Crippen molar-refractivity contribution in [3.8, 4) is 0 Å². The standard InChI is InChI=1S/C26H37N3O4S/c1-19-12-11-15-23(20(19)2)29(34(7,32)33)18-24(30)28(17-16-22-13-9-8-10-14-22)21(3)25(31)27-26(4,5)6/h8-15,21H,16-18H2,1-7H3,(H,27,31)/t21-/m0/s1. The molecule has 1 atom stereocenters. The molecule has 186 valence electrons. The molecule has 0 heterocycles. The smallest absolute Gasteiger partial charge is 0.244 e. The first-order chi connectivity index (χ1) is 15.7. The maximum absolute atomic E-state index is 13.5. The number of carbonyl (C=O) groups excluding carboxylic acids is 2. The van der Waals surface area contributed by atoms with Gasteiger partial charge in [0.05, 0.1) is 11.9 Å². The molecule has 34 heavy (non-hydrogen) atoms. The molecule has 2 aromatic rings. The highest BCUT2D eigenvalue weighted by Crippen LogP contribution is 2.25. The number of aryl methyl sites for hydroxylation is 1. The second-order valence-electron chi connectivity index (χ2n) is 9.73. The average molecular weight is 488 g/mol. The Morgan fingerprint density at radius 1 is 1.00 bits per heavy atom. The predicted octanol–water partition coefficient (Wildman–Crippen LogP) is 3.44. The molecule has 0 aliphatic rings. The average Bonchev–Trinajstić information content (AvgIpc) is 2.73. The van der Waals surface area contributed by atoms with E-state index in [1.54, 1.807) is 19.1 Å². The zero-order chi connectivity index (χ0) is 25.7. The topological polar surface area (TPSA) is 86.8 Å². The number of anilines is 1. The Morgan fingerprint density at radius 2 is 1.62 bits per heavy atom. The van der Waals surface area contributed by atoms with Crippen molar-refractivity contribution in [1.29, 1.82) is 0 Å². The van der Waals surface area contributed by atoms with Crippen LogP contribution >= 0.6 is 0 Å². The first-order valence-electron chi connectivity index (χ1n) is 11.4. The lowest BCUT2D eigenvalue weighted by Gasteiger charge is -2.33. The molecule has 2 rings (SSSR count). The van der Waals surface area contributed by atoms with Crippen molar-refractivity contribution < 1.29 is 18.0 Å². The fourth-order valence-corrected chi connectivity index (χ4v) is 4.54. The van der Waals surface area contributed by atoms with Gasteiger partial charge in [0.1, 0.15) is 12.6 Å². The van der Waals surface area contributed by atoms with Gasteiger partial charge in [0.25, 0.3) is 0 Å². The monoisotopic (exact) mass is 487 g/mol. The highest BCUT2D eigenvalue weighted by atomic mass is 32.2. The van der Waals surface area contributed by atoms with Gasteiger partial charge in [-0.3, -0.25) is 13.9 Å². The number of amides is 2. The molecule has 0 aliphatic carbocycles. The molecule has 0 saturated heterocycles. The van der Waals surface area contributed by atoms with Crippen molar-refractivity contribution >= 4 is 27.5 Å². The third-order valence-corrected chi connectivity index (χ3v) is 6.80. The lowest BCUT2D eigenvalue weighted by atomic mass is 10.1. The lowest BCUT2D eigenvalue weighted by molar-refractivity contribution is -0.139. The van der Waals surface area contributed by atoms with E-state index in [1.165, 1.54) is 4.90 Å². The van der Waals surface area contributed by atoms with Gasteiger partial charge in [-0.2, -0.15) is 0 Å². The third kappa shape index (κ3) is 7.58. The molecule has 0 unspecified atom stereocenters.